The Balaban J connectivity index is 2.38. The van der Waals surface area contributed by atoms with Gasteiger partial charge in [-0.2, -0.15) is 5.10 Å². The summed E-state index contributed by atoms with van der Waals surface area (Å²) in [7, 11) is 0. The van der Waals surface area contributed by atoms with Crippen LogP contribution in [0.2, 0.25) is 0 Å². The van der Waals surface area contributed by atoms with E-state index in [4.69, 9.17) is 5.11 Å². The van der Waals surface area contributed by atoms with Gasteiger partial charge in [-0.15, -0.1) is 0 Å². The molecule has 2 heterocycles. The van der Waals surface area contributed by atoms with Crippen molar-refractivity contribution < 1.29 is 9.90 Å². The van der Waals surface area contributed by atoms with Crippen molar-refractivity contribution in [1.29, 1.82) is 0 Å². The highest BCUT2D eigenvalue weighted by molar-refractivity contribution is 7.15. The van der Waals surface area contributed by atoms with Crippen molar-refractivity contribution in [2.24, 2.45) is 0 Å². The summed E-state index contributed by atoms with van der Waals surface area (Å²) in [6, 6.07) is 0. The van der Waals surface area contributed by atoms with Gasteiger partial charge < -0.3 is 5.11 Å². The molecule has 0 bridgehead atoms. The minimum absolute atomic E-state index is 0.216. The van der Waals surface area contributed by atoms with Crippen molar-refractivity contribution >= 4 is 17.3 Å². The first-order valence-corrected chi connectivity index (χ1v) is 4.69. The molecule has 2 aromatic rings. The number of carbonyl (C=O) groups is 1. The second-order valence-corrected chi connectivity index (χ2v) is 3.78. The van der Waals surface area contributed by atoms with Gasteiger partial charge in [0.1, 0.15) is 4.88 Å². The van der Waals surface area contributed by atoms with Gasteiger partial charge in [-0.3, -0.25) is 0 Å². The summed E-state index contributed by atoms with van der Waals surface area (Å²) in [4.78, 5) is 14.8. The fourth-order valence-corrected chi connectivity index (χ4v) is 1.68. The monoisotopic (exact) mass is 209 g/mol. The molecule has 0 saturated carbocycles. The third-order valence-corrected chi connectivity index (χ3v) is 2.59. The summed E-state index contributed by atoms with van der Waals surface area (Å²) >= 11 is 1.10. The lowest BCUT2D eigenvalue weighted by molar-refractivity contribution is 0.0702. The van der Waals surface area contributed by atoms with Crippen LogP contribution >= 0.6 is 11.3 Å². The largest absolute Gasteiger partial charge is 0.477 e. The molecule has 0 aliphatic rings. The highest BCUT2D eigenvalue weighted by Crippen LogP contribution is 2.16. The van der Waals surface area contributed by atoms with Crippen molar-refractivity contribution in [3.8, 4) is 5.13 Å². The second kappa shape index (κ2) is 3.22. The van der Waals surface area contributed by atoms with E-state index in [9.17, 15) is 4.79 Å². The van der Waals surface area contributed by atoms with Crippen LogP contribution in [0.4, 0.5) is 0 Å². The number of hydrogen-bond donors (Lipinski definition) is 1. The number of aryl methyl sites for hydroxylation is 1. The van der Waals surface area contributed by atoms with Crippen LogP contribution in [0.5, 0.6) is 0 Å². The Morgan fingerprint density at radius 3 is 2.86 bits per heavy atom. The molecule has 14 heavy (non-hydrogen) atoms. The zero-order valence-corrected chi connectivity index (χ0v) is 8.15. The lowest BCUT2D eigenvalue weighted by Crippen LogP contribution is -1.92. The van der Waals surface area contributed by atoms with Crippen molar-refractivity contribution in [3.63, 3.8) is 0 Å². The zero-order chi connectivity index (χ0) is 10.1. The van der Waals surface area contributed by atoms with Crippen molar-refractivity contribution in [2.75, 3.05) is 0 Å². The Morgan fingerprint density at radius 2 is 2.36 bits per heavy atom. The minimum Gasteiger partial charge on any atom is -0.477 e. The summed E-state index contributed by atoms with van der Waals surface area (Å²) in [5.74, 6) is -0.961. The first-order valence-electron chi connectivity index (χ1n) is 3.87. The molecule has 2 rings (SSSR count). The average Bonchev–Trinajstić information content (AvgIpc) is 2.70. The van der Waals surface area contributed by atoms with Gasteiger partial charge in [-0.25, -0.2) is 14.5 Å². The standard InChI is InChI=1S/C8H7N3O2S/c1-5-2-10-11(4-5)8-9-3-6(14-8)7(12)13/h2-4H,1H3,(H,12,13). The predicted molar refractivity (Wildman–Crippen MR) is 50.9 cm³/mol. The third-order valence-electron chi connectivity index (χ3n) is 1.61. The number of aromatic nitrogens is 3. The molecule has 0 aliphatic heterocycles. The van der Waals surface area contributed by atoms with Gasteiger partial charge in [0.15, 0.2) is 0 Å². The number of nitrogens with zero attached hydrogens (tertiary/aromatic N) is 3. The third kappa shape index (κ3) is 1.51. The smallest absolute Gasteiger partial charge is 0.347 e. The van der Waals surface area contributed by atoms with E-state index in [2.05, 4.69) is 10.1 Å². The Bertz CT molecular complexity index is 474. The van der Waals surface area contributed by atoms with E-state index in [1.54, 1.807) is 17.1 Å². The Hall–Kier alpha value is -1.69. The lowest BCUT2D eigenvalue weighted by atomic mass is 10.4. The van der Waals surface area contributed by atoms with Gasteiger partial charge >= 0.3 is 5.97 Å². The fourth-order valence-electron chi connectivity index (χ4n) is 0.987. The Labute approximate surface area is 83.6 Å². The van der Waals surface area contributed by atoms with Crippen molar-refractivity contribution in [2.45, 2.75) is 6.92 Å². The number of thiazole rings is 1. The maximum Gasteiger partial charge on any atom is 0.347 e. The first-order chi connectivity index (χ1) is 6.66. The molecule has 0 fully saturated rings. The molecule has 72 valence electrons. The van der Waals surface area contributed by atoms with Crippen LogP contribution in [0, 0.1) is 6.92 Å². The predicted octanol–water partition coefficient (Wildman–Crippen LogP) is 1.34. The second-order valence-electron chi connectivity index (χ2n) is 2.77. The molecule has 0 radical (unpaired) electrons. The molecule has 5 nitrogen and oxygen atoms in total. The minimum atomic E-state index is -0.961. The van der Waals surface area contributed by atoms with Crippen LogP contribution in [-0.4, -0.2) is 25.8 Å². The summed E-state index contributed by atoms with van der Waals surface area (Å²) < 4.78 is 1.56. The van der Waals surface area contributed by atoms with Gasteiger partial charge in [0.25, 0.3) is 0 Å². The average molecular weight is 209 g/mol. The molecular formula is C8H7N3O2S. The van der Waals surface area contributed by atoms with Gasteiger partial charge in [0, 0.05) is 6.20 Å². The first kappa shape index (κ1) is 8.89. The molecule has 0 aromatic carbocycles. The Kier molecular flexibility index (Phi) is 2.05. The van der Waals surface area contributed by atoms with Crippen LogP contribution in [0.1, 0.15) is 15.2 Å². The van der Waals surface area contributed by atoms with Crippen molar-refractivity contribution in [3.05, 3.63) is 29.0 Å². The van der Waals surface area contributed by atoms with E-state index in [0.717, 1.165) is 16.9 Å². The number of carboxylic acids is 1. The molecule has 0 unspecified atom stereocenters. The molecule has 0 aliphatic carbocycles. The number of hydrogen-bond acceptors (Lipinski definition) is 4. The van der Waals surface area contributed by atoms with E-state index < -0.39 is 5.97 Å². The molecule has 0 saturated heterocycles. The van der Waals surface area contributed by atoms with E-state index in [0.29, 0.717) is 5.13 Å². The number of rotatable bonds is 2. The molecule has 0 atom stereocenters. The van der Waals surface area contributed by atoms with E-state index in [-0.39, 0.29) is 4.88 Å². The lowest BCUT2D eigenvalue weighted by Gasteiger charge is -1.91. The molecular weight excluding hydrogens is 202 g/mol. The maximum atomic E-state index is 10.6. The van der Waals surface area contributed by atoms with Gasteiger partial charge in [0.2, 0.25) is 5.13 Å². The summed E-state index contributed by atoms with van der Waals surface area (Å²) in [6.07, 6.45) is 4.83. The van der Waals surface area contributed by atoms with Crippen molar-refractivity contribution in [1.82, 2.24) is 14.8 Å². The molecule has 0 amide bonds. The van der Waals surface area contributed by atoms with Crippen LogP contribution in [0.15, 0.2) is 18.6 Å². The molecule has 1 N–H and O–H groups in total. The van der Waals surface area contributed by atoms with Gasteiger partial charge in [-0.05, 0) is 12.5 Å². The molecule has 0 spiro atoms. The van der Waals surface area contributed by atoms with Crippen LogP contribution in [0.3, 0.4) is 0 Å². The van der Waals surface area contributed by atoms with Crippen LogP contribution in [-0.2, 0) is 0 Å². The molecule has 6 heteroatoms. The van der Waals surface area contributed by atoms with E-state index >= 15 is 0 Å². The SMILES string of the molecule is Cc1cnn(-c2ncc(C(=O)O)s2)c1. The number of carboxylic acid groups (broad SMARTS) is 1. The highest BCUT2D eigenvalue weighted by atomic mass is 32.1. The Morgan fingerprint density at radius 1 is 1.57 bits per heavy atom. The maximum absolute atomic E-state index is 10.6. The normalized spacial score (nSPS) is 10.4. The highest BCUT2D eigenvalue weighted by Gasteiger charge is 2.09. The number of aromatic carboxylic acids is 1. The summed E-state index contributed by atoms with van der Waals surface area (Å²) in [6.45, 7) is 1.91. The summed E-state index contributed by atoms with van der Waals surface area (Å²) in [5, 5.41) is 13.3. The van der Waals surface area contributed by atoms with E-state index in [1.807, 2.05) is 6.92 Å². The molecule has 2 aromatic heterocycles. The fraction of sp³-hybridized carbons (Fsp3) is 0.125. The summed E-state index contributed by atoms with van der Waals surface area (Å²) in [5.41, 5.74) is 1.01. The topological polar surface area (TPSA) is 68.0 Å². The quantitative estimate of drug-likeness (QED) is 0.810. The van der Waals surface area contributed by atoms with Gasteiger partial charge in [0.05, 0.1) is 12.4 Å². The van der Waals surface area contributed by atoms with Crippen LogP contribution < -0.4 is 0 Å². The van der Waals surface area contributed by atoms with Crippen LogP contribution in [0.25, 0.3) is 5.13 Å². The van der Waals surface area contributed by atoms with E-state index in [1.165, 1.54) is 6.20 Å². The van der Waals surface area contributed by atoms with Gasteiger partial charge in [-0.1, -0.05) is 11.3 Å². The zero-order valence-electron chi connectivity index (χ0n) is 7.34.